The Labute approximate surface area is 129 Å². The monoisotopic (exact) mass is 416 g/mol. The topological polar surface area (TPSA) is 24.9 Å². The third kappa shape index (κ3) is 3.52. The molecule has 94 valence electrons. The average Bonchev–Trinajstić information content (AvgIpc) is 2.39. The molecule has 0 fully saturated rings. The zero-order chi connectivity index (χ0) is 13.0. The molecule has 0 aliphatic carbocycles. The second-order valence-electron chi connectivity index (χ2n) is 4.04. The number of nitrogens with one attached hydrogen (secondary N) is 1. The van der Waals surface area contributed by atoms with Crippen LogP contribution in [0.25, 0.3) is 0 Å². The second kappa shape index (κ2) is 6.63. The fraction of sp³-hybridized carbons (Fsp3) is 0.214. The van der Waals surface area contributed by atoms with Crippen LogP contribution in [0.2, 0.25) is 0 Å². The molecule has 0 radical (unpaired) electrons. The highest BCUT2D eigenvalue weighted by atomic mass is 127. The van der Waals surface area contributed by atoms with Crippen LogP contribution >= 0.6 is 38.5 Å². The third-order valence-corrected chi connectivity index (χ3v) is 4.21. The van der Waals surface area contributed by atoms with E-state index in [0.29, 0.717) is 0 Å². The van der Waals surface area contributed by atoms with Gasteiger partial charge in [-0.25, -0.2) is 0 Å². The van der Waals surface area contributed by atoms with Gasteiger partial charge < -0.3 is 5.32 Å². The van der Waals surface area contributed by atoms with Gasteiger partial charge in [0, 0.05) is 14.2 Å². The van der Waals surface area contributed by atoms with Crippen LogP contribution in [0.5, 0.6) is 0 Å². The van der Waals surface area contributed by atoms with Crippen LogP contribution in [0.15, 0.2) is 47.1 Å². The normalized spacial score (nSPS) is 12.4. The van der Waals surface area contributed by atoms with Crippen molar-refractivity contribution in [1.29, 1.82) is 0 Å². The molecule has 0 spiro atoms. The van der Waals surface area contributed by atoms with Crippen molar-refractivity contribution < 1.29 is 0 Å². The first-order chi connectivity index (χ1) is 8.70. The molecule has 0 saturated carbocycles. The van der Waals surface area contributed by atoms with Gasteiger partial charge in [-0.1, -0.05) is 12.1 Å². The minimum absolute atomic E-state index is 0.223. The Bertz CT molecular complexity index is 513. The highest BCUT2D eigenvalue weighted by molar-refractivity contribution is 14.1. The van der Waals surface area contributed by atoms with Gasteiger partial charge >= 0.3 is 0 Å². The minimum atomic E-state index is 0.223. The Morgan fingerprint density at radius 3 is 2.61 bits per heavy atom. The summed E-state index contributed by atoms with van der Waals surface area (Å²) in [5, 5.41) is 3.33. The highest BCUT2D eigenvalue weighted by Gasteiger charge is 2.14. The van der Waals surface area contributed by atoms with Gasteiger partial charge in [0.1, 0.15) is 0 Å². The number of aromatic nitrogens is 1. The maximum atomic E-state index is 4.45. The summed E-state index contributed by atoms with van der Waals surface area (Å²) < 4.78 is 2.31. The first kappa shape index (κ1) is 14.0. The van der Waals surface area contributed by atoms with Gasteiger partial charge in [-0.05, 0) is 81.8 Å². The quantitative estimate of drug-likeness (QED) is 0.763. The molecular formula is C14H14BrIN2. The molecule has 18 heavy (non-hydrogen) atoms. The fourth-order valence-corrected chi connectivity index (χ4v) is 2.74. The SMILES string of the molecule is CNC(Cc1ccc(I)cc1)c1ncccc1Br. The Morgan fingerprint density at radius 2 is 2.00 bits per heavy atom. The van der Waals surface area contributed by atoms with Crippen molar-refractivity contribution in [1.82, 2.24) is 10.3 Å². The van der Waals surface area contributed by atoms with Crippen molar-refractivity contribution in [3.8, 4) is 0 Å². The summed E-state index contributed by atoms with van der Waals surface area (Å²) in [5.74, 6) is 0. The van der Waals surface area contributed by atoms with E-state index in [0.717, 1.165) is 16.6 Å². The lowest BCUT2D eigenvalue weighted by molar-refractivity contribution is 0.573. The van der Waals surface area contributed by atoms with E-state index in [1.54, 1.807) is 0 Å². The summed E-state index contributed by atoms with van der Waals surface area (Å²) >= 11 is 5.88. The first-order valence-electron chi connectivity index (χ1n) is 5.73. The summed E-state index contributed by atoms with van der Waals surface area (Å²) in [5.41, 5.74) is 2.37. The van der Waals surface area contributed by atoms with E-state index in [1.165, 1.54) is 9.13 Å². The van der Waals surface area contributed by atoms with Crippen LogP contribution in [0, 0.1) is 3.57 Å². The molecule has 1 N–H and O–H groups in total. The van der Waals surface area contributed by atoms with E-state index in [4.69, 9.17) is 0 Å². The number of pyridine rings is 1. The molecule has 1 atom stereocenters. The Balaban J connectivity index is 2.20. The molecule has 0 aliphatic rings. The lowest BCUT2D eigenvalue weighted by Gasteiger charge is -2.17. The van der Waals surface area contributed by atoms with Crippen LogP contribution in [0.3, 0.4) is 0 Å². The number of benzene rings is 1. The standard InChI is InChI=1S/C14H14BrIN2/c1-17-13(14-12(15)3-2-8-18-14)9-10-4-6-11(16)7-5-10/h2-8,13,17H,9H2,1H3. The van der Waals surface area contributed by atoms with Gasteiger partial charge in [0.25, 0.3) is 0 Å². The maximum Gasteiger partial charge on any atom is 0.0718 e. The van der Waals surface area contributed by atoms with Gasteiger partial charge in [-0.15, -0.1) is 0 Å². The van der Waals surface area contributed by atoms with Gasteiger partial charge in [0.05, 0.1) is 11.7 Å². The molecule has 2 nitrogen and oxygen atoms in total. The molecule has 1 heterocycles. The number of nitrogens with zero attached hydrogens (tertiary/aromatic N) is 1. The zero-order valence-corrected chi connectivity index (χ0v) is 13.8. The van der Waals surface area contributed by atoms with E-state index in [9.17, 15) is 0 Å². The van der Waals surface area contributed by atoms with Crippen molar-refractivity contribution >= 4 is 38.5 Å². The van der Waals surface area contributed by atoms with Crippen molar-refractivity contribution in [2.75, 3.05) is 7.05 Å². The highest BCUT2D eigenvalue weighted by Crippen LogP contribution is 2.23. The van der Waals surface area contributed by atoms with Crippen LogP contribution in [-0.2, 0) is 6.42 Å². The van der Waals surface area contributed by atoms with Crippen LogP contribution in [0.4, 0.5) is 0 Å². The molecule has 0 aliphatic heterocycles. The summed E-state index contributed by atoms with van der Waals surface area (Å²) in [4.78, 5) is 4.45. The molecule has 1 aromatic carbocycles. The largest absolute Gasteiger partial charge is 0.311 e. The summed E-state index contributed by atoms with van der Waals surface area (Å²) in [6.45, 7) is 0. The molecule has 2 rings (SSSR count). The van der Waals surface area contributed by atoms with Crippen molar-refractivity contribution in [3.05, 3.63) is 61.9 Å². The van der Waals surface area contributed by atoms with E-state index in [1.807, 2.05) is 25.4 Å². The number of hydrogen-bond donors (Lipinski definition) is 1. The molecule has 2 aromatic rings. The van der Waals surface area contributed by atoms with Gasteiger partial charge in [-0.2, -0.15) is 0 Å². The molecule has 0 amide bonds. The van der Waals surface area contributed by atoms with Gasteiger partial charge in [0.2, 0.25) is 0 Å². The van der Waals surface area contributed by atoms with Crippen molar-refractivity contribution in [2.24, 2.45) is 0 Å². The van der Waals surface area contributed by atoms with Crippen molar-refractivity contribution in [3.63, 3.8) is 0 Å². The predicted molar refractivity (Wildman–Crippen MR) is 86.6 cm³/mol. The molecule has 1 aromatic heterocycles. The number of halogens is 2. The van der Waals surface area contributed by atoms with Gasteiger partial charge in [-0.3, -0.25) is 4.98 Å². The molecular weight excluding hydrogens is 403 g/mol. The van der Waals surface area contributed by atoms with E-state index in [2.05, 4.69) is 73.1 Å². The third-order valence-electron chi connectivity index (χ3n) is 2.82. The second-order valence-corrected chi connectivity index (χ2v) is 6.14. The summed E-state index contributed by atoms with van der Waals surface area (Å²) in [7, 11) is 1.97. The number of rotatable bonds is 4. The van der Waals surface area contributed by atoms with Crippen molar-refractivity contribution in [2.45, 2.75) is 12.5 Å². The first-order valence-corrected chi connectivity index (χ1v) is 7.60. The van der Waals surface area contributed by atoms with Gasteiger partial charge in [0.15, 0.2) is 0 Å². The molecule has 0 bridgehead atoms. The molecule has 0 saturated heterocycles. The Morgan fingerprint density at radius 1 is 1.28 bits per heavy atom. The van der Waals surface area contributed by atoms with Crippen LogP contribution in [-0.4, -0.2) is 12.0 Å². The molecule has 4 heteroatoms. The zero-order valence-electron chi connectivity index (χ0n) is 10.0. The predicted octanol–water partition coefficient (Wildman–Crippen LogP) is 3.95. The Kier molecular flexibility index (Phi) is 5.14. The smallest absolute Gasteiger partial charge is 0.0718 e. The van der Waals surface area contributed by atoms with Crippen LogP contribution < -0.4 is 5.32 Å². The lowest BCUT2D eigenvalue weighted by atomic mass is 10.0. The summed E-state index contributed by atoms with van der Waals surface area (Å²) in [6.07, 6.45) is 2.77. The van der Waals surface area contributed by atoms with Crippen LogP contribution in [0.1, 0.15) is 17.3 Å². The van der Waals surface area contributed by atoms with E-state index in [-0.39, 0.29) is 6.04 Å². The summed E-state index contributed by atoms with van der Waals surface area (Å²) in [6, 6.07) is 12.8. The molecule has 1 unspecified atom stereocenters. The number of likely N-dealkylation sites (N-methyl/N-ethyl adjacent to an activating group) is 1. The minimum Gasteiger partial charge on any atom is -0.311 e. The number of hydrogen-bond acceptors (Lipinski definition) is 2. The van der Waals surface area contributed by atoms with E-state index >= 15 is 0 Å². The lowest BCUT2D eigenvalue weighted by Crippen LogP contribution is -2.20. The maximum absolute atomic E-state index is 4.45. The average molecular weight is 417 g/mol. The van der Waals surface area contributed by atoms with E-state index < -0.39 is 0 Å². The Hall–Kier alpha value is -0.460. The fourth-order valence-electron chi connectivity index (χ4n) is 1.85.